The van der Waals surface area contributed by atoms with Crippen molar-refractivity contribution in [3.05, 3.63) is 90.0 Å². The maximum Gasteiger partial charge on any atom is 0.276 e. The maximum absolute atomic E-state index is 12.2. The molecule has 7 heteroatoms. The third-order valence-electron chi connectivity index (χ3n) is 4.71. The summed E-state index contributed by atoms with van der Waals surface area (Å²) in [5.74, 6) is 1.50. The molecule has 3 rings (SSSR count). The second-order valence-corrected chi connectivity index (χ2v) is 7.55. The molecule has 2 amide bonds. The first-order chi connectivity index (χ1) is 16.0. The number of amides is 2. The third kappa shape index (κ3) is 7.88. The van der Waals surface area contributed by atoms with Crippen LogP contribution in [0.25, 0.3) is 0 Å². The van der Waals surface area contributed by atoms with Gasteiger partial charge in [-0.2, -0.15) is 0 Å². The van der Waals surface area contributed by atoms with Crippen molar-refractivity contribution in [2.24, 2.45) is 0 Å². The Bertz CT molecular complexity index is 1020. The molecule has 172 valence electrons. The molecular weight excluding hydrogens is 420 g/mol. The highest BCUT2D eigenvalue weighted by Crippen LogP contribution is 2.18. The second-order valence-electron chi connectivity index (χ2n) is 7.55. The van der Waals surface area contributed by atoms with Crippen LogP contribution in [0.5, 0.6) is 17.2 Å². The van der Waals surface area contributed by atoms with Crippen molar-refractivity contribution in [1.29, 1.82) is 0 Å². The number of carbonyl (C=O) groups is 2. The predicted molar refractivity (Wildman–Crippen MR) is 126 cm³/mol. The monoisotopic (exact) mass is 448 g/mol. The molecule has 0 radical (unpaired) electrons. The fourth-order valence-electron chi connectivity index (χ4n) is 2.87. The summed E-state index contributed by atoms with van der Waals surface area (Å²) in [6.45, 7) is 4.78. The summed E-state index contributed by atoms with van der Waals surface area (Å²) in [7, 11) is 0. The molecule has 0 unspecified atom stereocenters. The Hall–Kier alpha value is -4.00. The Morgan fingerprint density at radius 2 is 1.24 bits per heavy atom. The fourth-order valence-corrected chi connectivity index (χ4v) is 2.87. The molecule has 0 aromatic heterocycles. The van der Waals surface area contributed by atoms with Crippen LogP contribution >= 0.6 is 0 Å². The number of rotatable bonds is 10. The third-order valence-corrected chi connectivity index (χ3v) is 4.71. The van der Waals surface area contributed by atoms with Crippen LogP contribution in [-0.2, 0) is 4.79 Å². The number of benzene rings is 3. The highest BCUT2D eigenvalue weighted by molar-refractivity contribution is 5.95. The average Bonchev–Trinajstić information content (AvgIpc) is 2.85. The zero-order valence-corrected chi connectivity index (χ0v) is 18.7. The molecule has 7 nitrogen and oxygen atoms in total. The number of ether oxygens (including phenoxy) is 3. The van der Waals surface area contributed by atoms with Gasteiger partial charge < -0.3 is 14.2 Å². The van der Waals surface area contributed by atoms with E-state index in [2.05, 4.69) is 24.7 Å². The standard InChI is InChI=1S/C26H28N2O5/c1-19(2)20-8-12-24(13-9-20)33-18-25(29)27-28-26(30)21-10-14-23(15-11-21)32-17-16-31-22-6-4-3-5-7-22/h3-15,19H,16-18H2,1-2H3,(H,27,29)(H,28,30). The highest BCUT2D eigenvalue weighted by Gasteiger charge is 2.09. The molecule has 0 aliphatic heterocycles. The number of hydrogen-bond acceptors (Lipinski definition) is 5. The van der Waals surface area contributed by atoms with E-state index < -0.39 is 11.8 Å². The van der Waals surface area contributed by atoms with Gasteiger partial charge in [0.05, 0.1) is 0 Å². The van der Waals surface area contributed by atoms with E-state index in [-0.39, 0.29) is 6.61 Å². The molecule has 33 heavy (non-hydrogen) atoms. The van der Waals surface area contributed by atoms with Crippen molar-refractivity contribution >= 4 is 11.8 Å². The second kappa shape index (κ2) is 12.1. The van der Waals surface area contributed by atoms with Gasteiger partial charge in [0.25, 0.3) is 11.8 Å². The van der Waals surface area contributed by atoms with Crippen molar-refractivity contribution in [3.63, 3.8) is 0 Å². The van der Waals surface area contributed by atoms with E-state index in [1.807, 2.05) is 54.6 Å². The minimum atomic E-state index is -0.463. The van der Waals surface area contributed by atoms with Crippen molar-refractivity contribution < 1.29 is 23.8 Å². The van der Waals surface area contributed by atoms with Gasteiger partial charge in [-0.25, -0.2) is 0 Å². The molecule has 0 fully saturated rings. The summed E-state index contributed by atoms with van der Waals surface area (Å²) in [5.41, 5.74) is 6.28. The number of hydrogen-bond donors (Lipinski definition) is 2. The Labute approximate surface area is 193 Å². The van der Waals surface area contributed by atoms with E-state index in [1.54, 1.807) is 24.3 Å². The molecular formula is C26H28N2O5. The summed E-state index contributed by atoms with van der Waals surface area (Å²) in [4.78, 5) is 24.2. The minimum absolute atomic E-state index is 0.209. The van der Waals surface area contributed by atoms with Crippen molar-refractivity contribution in [3.8, 4) is 17.2 Å². The Balaban J connectivity index is 1.35. The van der Waals surface area contributed by atoms with E-state index in [0.29, 0.717) is 36.2 Å². The normalized spacial score (nSPS) is 10.4. The van der Waals surface area contributed by atoms with Crippen molar-refractivity contribution in [2.75, 3.05) is 19.8 Å². The first kappa shape index (κ1) is 23.7. The number of carbonyl (C=O) groups excluding carboxylic acids is 2. The van der Waals surface area contributed by atoms with E-state index in [1.165, 1.54) is 5.56 Å². The topological polar surface area (TPSA) is 85.9 Å². The first-order valence-electron chi connectivity index (χ1n) is 10.7. The van der Waals surface area contributed by atoms with Crippen LogP contribution in [0.4, 0.5) is 0 Å². The zero-order valence-electron chi connectivity index (χ0n) is 18.7. The Morgan fingerprint density at radius 3 is 1.85 bits per heavy atom. The zero-order chi connectivity index (χ0) is 23.5. The van der Waals surface area contributed by atoms with E-state index in [4.69, 9.17) is 14.2 Å². The van der Waals surface area contributed by atoms with Gasteiger partial charge in [-0.15, -0.1) is 0 Å². The number of hydrazine groups is 1. The van der Waals surface area contributed by atoms with Gasteiger partial charge in [-0.3, -0.25) is 20.4 Å². The smallest absolute Gasteiger partial charge is 0.276 e. The van der Waals surface area contributed by atoms with E-state index in [9.17, 15) is 9.59 Å². The van der Waals surface area contributed by atoms with Gasteiger partial charge in [0, 0.05) is 5.56 Å². The molecule has 0 bridgehead atoms. The van der Waals surface area contributed by atoms with Gasteiger partial charge in [0.1, 0.15) is 30.5 Å². The molecule has 0 saturated carbocycles. The Kier molecular flexibility index (Phi) is 8.71. The van der Waals surface area contributed by atoms with Crippen molar-refractivity contribution in [2.45, 2.75) is 19.8 Å². The van der Waals surface area contributed by atoms with Crippen LogP contribution in [-0.4, -0.2) is 31.6 Å². The first-order valence-corrected chi connectivity index (χ1v) is 10.7. The van der Waals surface area contributed by atoms with Crippen LogP contribution in [0, 0.1) is 0 Å². The number of nitrogens with one attached hydrogen (secondary N) is 2. The molecule has 2 N–H and O–H groups in total. The molecule has 3 aromatic carbocycles. The van der Waals surface area contributed by atoms with E-state index in [0.717, 1.165) is 5.75 Å². The quantitative estimate of drug-likeness (QED) is 0.360. The number of para-hydroxylation sites is 1. The minimum Gasteiger partial charge on any atom is -0.490 e. The maximum atomic E-state index is 12.2. The molecule has 0 saturated heterocycles. The lowest BCUT2D eigenvalue weighted by atomic mass is 10.0. The molecule has 0 aliphatic rings. The summed E-state index contributed by atoms with van der Waals surface area (Å²) in [6.07, 6.45) is 0. The largest absolute Gasteiger partial charge is 0.490 e. The molecule has 0 heterocycles. The Morgan fingerprint density at radius 1 is 0.697 bits per heavy atom. The predicted octanol–water partition coefficient (Wildman–Crippen LogP) is 4.11. The summed E-state index contributed by atoms with van der Waals surface area (Å²) in [5, 5.41) is 0. The summed E-state index contributed by atoms with van der Waals surface area (Å²) in [6, 6.07) is 23.6. The van der Waals surface area contributed by atoms with Crippen LogP contribution in [0.3, 0.4) is 0 Å². The molecule has 0 spiro atoms. The van der Waals surface area contributed by atoms with Crippen LogP contribution in [0.2, 0.25) is 0 Å². The lowest BCUT2D eigenvalue weighted by Crippen LogP contribution is -2.43. The SMILES string of the molecule is CC(C)c1ccc(OCC(=O)NNC(=O)c2ccc(OCCOc3ccccc3)cc2)cc1. The van der Waals surface area contributed by atoms with Gasteiger partial charge in [0.15, 0.2) is 6.61 Å². The molecule has 3 aromatic rings. The van der Waals surface area contributed by atoms with Crippen molar-refractivity contribution in [1.82, 2.24) is 10.9 Å². The average molecular weight is 449 g/mol. The molecule has 0 aliphatic carbocycles. The van der Waals surface area contributed by atoms with Crippen LogP contribution in [0.15, 0.2) is 78.9 Å². The summed E-state index contributed by atoms with van der Waals surface area (Å²) < 4.78 is 16.6. The van der Waals surface area contributed by atoms with Gasteiger partial charge in [0.2, 0.25) is 0 Å². The van der Waals surface area contributed by atoms with Gasteiger partial charge in [-0.1, -0.05) is 44.2 Å². The molecule has 0 atom stereocenters. The van der Waals surface area contributed by atoms with Crippen LogP contribution in [0.1, 0.15) is 35.7 Å². The van der Waals surface area contributed by atoms with Gasteiger partial charge in [-0.05, 0) is 60.0 Å². The highest BCUT2D eigenvalue weighted by atomic mass is 16.5. The van der Waals surface area contributed by atoms with Gasteiger partial charge >= 0.3 is 0 Å². The summed E-state index contributed by atoms with van der Waals surface area (Å²) >= 11 is 0. The lowest BCUT2D eigenvalue weighted by Gasteiger charge is -2.11. The fraction of sp³-hybridized carbons (Fsp3) is 0.231. The lowest BCUT2D eigenvalue weighted by molar-refractivity contribution is -0.123. The van der Waals surface area contributed by atoms with Crippen LogP contribution < -0.4 is 25.1 Å². The van der Waals surface area contributed by atoms with E-state index >= 15 is 0 Å².